The fourth-order valence-electron chi connectivity index (χ4n) is 4.58. The maximum atomic E-state index is 11.9. The van der Waals surface area contributed by atoms with Crippen LogP contribution in [0.2, 0.25) is 0 Å². The van der Waals surface area contributed by atoms with Crippen molar-refractivity contribution in [1.82, 2.24) is 5.43 Å². The maximum Gasteiger partial charge on any atom is 0.233 e. The van der Waals surface area contributed by atoms with Gasteiger partial charge in [-0.3, -0.25) is 14.9 Å². The van der Waals surface area contributed by atoms with E-state index in [0.717, 1.165) is 58.5 Å². The summed E-state index contributed by atoms with van der Waals surface area (Å²) in [6.45, 7) is 3.21. The van der Waals surface area contributed by atoms with Crippen molar-refractivity contribution < 1.29 is 17.9 Å². The summed E-state index contributed by atoms with van der Waals surface area (Å²) >= 11 is 0. The Labute approximate surface area is 242 Å². The smallest absolute Gasteiger partial charge is 0.233 e. The quantitative estimate of drug-likeness (QED) is 0.108. The molecule has 9 heteroatoms. The number of carbonyl (C=O) groups is 1. The van der Waals surface area contributed by atoms with E-state index in [-0.39, 0.29) is 5.91 Å². The number of amides is 1. The number of anilines is 2. The first-order valence-electron chi connectivity index (χ1n) is 13.4. The molecule has 41 heavy (non-hydrogen) atoms. The molecule has 8 nitrogen and oxygen atoms in total. The van der Waals surface area contributed by atoms with Gasteiger partial charge in [-0.15, -0.1) is 0 Å². The van der Waals surface area contributed by atoms with Gasteiger partial charge in [0, 0.05) is 25.2 Å². The van der Waals surface area contributed by atoms with Crippen LogP contribution < -0.4 is 25.6 Å². The lowest BCUT2D eigenvalue weighted by atomic mass is 10.1. The Hall–Kier alpha value is -4.34. The van der Waals surface area contributed by atoms with Crippen molar-refractivity contribution in [2.24, 2.45) is 5.84 Å². The fourth-order valence-corrected chi connectivity index (χ4v) is 5.20. The average Bonchev–Trinajstić information content (AvgIpc) is 2.95. The van der Waals surface area contributed by atoms with Crippen LogP contribution in [0.5, 0.6) is 11.5 Å². The van der Waals surface area contributed by atoms with E-state index in [4.69, 9.17) is 10.6 Å². The van der Waals surface area contributed by atoms with Crippen molar-refractivity contribution in [2.75, 3.05) is 15.9 Å². The molecule has 0 saturated carbocycles. The molecule has 0 aliphatic heterocycles. The van der Waals surface area contributed by atoms with Crippen LogP contribution >= 0.6 is 0 Å². The summed E-state index contributed by atoms with van der Waals surface area (Å²) in [6.07, 6.45) is 3.07. The SMILES string of the molecule is Cc1c(NS(C)(=O)=O)cccc1N(Cc1ccccc1)Cc1ccc(Oc2ccc(CCCC(=O)NN)cc2)cc1. The van der Waals surface area contributed by atoms with Gasteiger partial charge in [0.05, 0.1) is 11.9 Å². The number of carbonyl (C=O) groups excluding carboxylic acids is 1. The summed E-state index contributed by atoms with van der Waals surface area (Å²) in [4.78, 5) is 13.5. The molecule has 0 fully saturated rings. The van der Waals surface area contributed by atoms with Gasteiger partial charge in [-0.1, -0.05) is 60.7 Å². The minimum atomic E-state index is -3.40. The highest BCUT2D eigenvalue weighted by molar-refractivity contribution is 7.92. The topological polar surface area (TPSA) is 114 Å². The Balaban J connectivity index is 1.46. The normalized spacial score (nSPS) is 11.1. The van der Waals surface area contributed by atoms with E-state index >= 15 is 0 Å². The molecule has 0 atom stereocenters. The lowest BCUT2D eigenvalue weighted by Gasteiger charge is -2.28. The summed E-state index contributed by atoms with van der Waals surface area (Å²) in [7, 11) is -3.40. The number of nitrogens with zero attached hydrogens (tertiary/aromatic N) is 1. The molecule has 1 amide bonds. The zero-order chi connectivity index (χ0) is 29.2. The predicted molar refractivity (Wildman–Crippen MR) is 164 cm³/mol. The first-order chi connectivity index (χ1) is 19.7. The number of hydrazine groups is 1. The van der Waals surface area contributed by atoms with Gasteiger partial charge in [-0.05, 0) is 78.4 Å². The number of sulfonamides is 1. The Bertz CT molecular complexity index is 1540. The molecule has 0 unspecified atom stereocenters. The third-order valence-electron chi connectivity index (χ3n) is 6.64. The second-order valence-corrected chi connectivity index (χ2v) is 11.7. The third kappa shape index (κ3) is 9.09. The van der Waals surface area contributed by atoms with Crippen LogP contribution in [0.25, 0.3) is 0 Å². The number of hydrogen-bond acceptors (Lipinski definition) is 6. The summed E-state index contributed by atoms with van der Waals surface area (Å²) in [5.41, 5.74) is 7.90. The first kappa shape index (κ1) is 29.6. The van der Waals surface area contributed by atoms with Gasteiger partial charge < -0.3 is 9.64 Å². The van der Waals surface area contributed by atoms with Gasteiger partial charge in [-0.25, -0.2) is 14.3 Å². The molecule has 0 aliphatic rings. The largest absolute Gasteiger partial charge is 0.457 e. The van der Waals surface area contributed by atoms with Crippen LogP contribution in [0.15, 0.2) is 97.1 Å². The van der Waals surface area contributed by atoms with Crippen LogP contribution in [-0.2, 0) is 34.3 Å². The van der Waals surface area contributed by atoms with E-state index < -0.39 is 10.0 Å². The second kappa shape index (κ2) is 13.8. The monoisotopic (exact) mass is 572 g/mol. The zero-order valence-electron chi connectivity index (χ0n) is 23.3. The molecular weight excluding hydrogens is 536 g/mol. The van der Waals surface area contributed by atoms with E-state index in [0.29, 0.717) is 25.2 Å². The van der Waals surface area contributed by atoms with Crippen molar-refractivity contribution in [3.63, 3.8) is 0 Å². The average molecular weight is 573 g/mol. The van der Waals surface area contributed by atoms with Crippen LogP contribution in [0.4, 0.5) is 11.4 Å². The summed E-state index contributed by atoms with van der Waals surface area (Å²) in [6, 6.07) is 31.7. The number of benzene rings is 4. The number of ether oxygens (including phenoxy) is 1. The molecule has 0 saturated heterocycles. The van der Waals surface area contributed by atoms with Crippen molar-refractivity contribution in [3.05, 3.63) is 119 Å². The molecule has 0 aliphatic carbocycles. The Kier molecular flexibility index (Phi) is 10.00. The van der Waals surface area contributed by atoms with E-state index in [2.05, 4.69) is 27.2 Å². The molecular formula is C32H36N4O4S. The van der Waals surface area contributed by atoms with Gasteiger partial charge in [0.1, 0.15) is 11.5 Å². The fraction of sp³-hybridized carbons (Fsp3) is 0.219. The number of nitrogens with one attached hydrogen (secondary N) is 2. The lowest BCUT2D eigenvalue weighted by molar-refractivity contribution is -0.121. The molecule has 0 heterocycles. The second-order valence-electron chi connectivity index (χ2n) is 9.98. The van der Waals surface area contributed by atoms with Gasteiger partial charge in [0.15, 0.2) is 0 Å². The minimum absolute atomic E-state index is 0.163. The lowest BCUT2D eigenvalue weighted by Crippen LogP contribution is -2.29. The minimum Gasteiger partial charge on any atom is -0.457 e. The molecule has 0 spiro atoms. The Morgan fingerprint density at radius 1 is 0.805 bits per heavy atom. The first-order valence-corrected chi connectivity index (χ1v) is 15.3. The van der Waals surface area contributed by atoms with Crippen molar-refractivity contribution in [3.8, 4) is 11.5 Å². The summed E-state index contributed by atoms with van der Waals surface area (Å²) < 4.78 is 32.5. The number of hydrogen-bond donors (Lipinski definition) is 3. The highest BCUT2D eigenvalue weighted by atomic mass is 32.2. The molecule has 0 radical (unpaired) electrons. The van der Waals surface area contributed by atoms with Crippen LogP contribution in [0.1, 0.15) is 35.1 Å². The van der Waals surface area contributed by atoms with Gasteiger partial charge in [0.25, 0.3) is 0 Å². The van der Waals surface area contributed by atoms with Crippen molar-refractivity contribution in [1.29, 1.82) is 0 Å². The standard InChI is InChI=1S/C32H36N4O4S/c1-24-30(35-41(2,38)39)11-7-12-31(24)36(22-26-8-4-3-5-9-26)23-27-16-20-29(21-17-27)40-28-18-14-25(15-19-28)10-6-13-32(37)34-33/h3-5,7-9,11-12,14-21,35H,6,10,13,22-23,33H2,1-2H3,(H,34,37). The maximum absolute atomic E-state index is 11.9. The molecule has 4 N–H and O–H groups in total. The Morgan fingerprint density at radius 3 is 1.98 bits per heavy atom. The van der Waals surface area contributed by atoms with E-state index in [9.17, 15) is 13.2 Å². The van der Waals surface area contributed by atoms with E-state index in [1.807, 2.05) is 85.8 Å². The van der Waals surface area contributed by atoms with Crippen molar-refractivity contribution >= 4 is 27.3 Å². The van der Waals surface area contributed by atoms with Gasteiger partial charge in [-0.2, -0.15) is 0 Å². The molecule has 4 aromatic rings. The van der Waals surface area contributed by atoms with Crippen molar-refractivity contribution in [2.45, 2.75) is 39.3 Å². The summed E-state index contributed by atoms with van der Waals surface area (Å²) in [5.74, 6) is 6.43. The van der Waals surface area contributed by atoms with Gasteiger partial charge >= 0.3 is 0 Å². The summed E-state index contributed by atoms with van der Waals surface area (Å²) in [5, 5.41) is 0. The number of rotatable bonds is 13. The van der Waals surface area contributed by atoms with Crippen LogP contribution in [-0.4, -0.2) is 20.6 Å². The number of nitrogens with two attached hydrogens (primary N) is 1. The van der Waals surface area contributed by atoms with Crippen LogP contribution in [0, 0.1) is 6.92 Å². The predicted octanol–water partition coefficient (Wildman–Crippen LogP) is 5.68. The van der Waals surface area contributed by atoms with E-state index in [1.54, 1.807) is 6.07 Å². The molecule has 4 aromatic carbocycles. The highest BCUT2D eigenvalue weighted by Crippen LogP contribution is 2.30. The molecule has 214 valence electrons. The number of aryl methyl sites for hydroxylation is 1. The van der Waals surface area contributed by atoms with Gasteiger partial charge in [0.2, 0.25) is 15.9 Å². The molecule has 0 bridgehead atoms. The third-order valence-corrected chi connectivity index (χ3v) is 7.23. The zero-order valence-corrected chi connectivity index (χ0v) is 24.2. The molecule has 4 rings (SSSR count). The Morgan fingerprint density at radius 2 is 1.39 bits per heavy atom. The van der Waals surface area contributed by atoms with Crippen LogP contribution in [0.3, 0.4) is 0 Å². The molecule has 0 aromatic heterocycles. The highest BCUT2D eigenvalue weighted by Gasteiger charge is 2.15. The van der Waals surface area contributed by atoms with E-state index in [1.165, 1.54) is 0 Å².